The van der Waals surface area contributed by atoms with Crippen LogP contribution in [0.25, 0.3) is 0 Å². The third kappa shape index (κ3) is 4.59. The molecule has 0 aliphatic rings. The van der Waals surface area contributed by atoms with E-state index in [1.807, 2.05) is 0 Å². The van der Waals surface area contributed by atoms with Crippen LogP contribution in [0.3, 0.4) is 0 Å². The predicted octanol–water partition coefficient (Wildman–Crippen LogP) is 2.89. The van der Waals surface area contributed by atoms with Gasteiger partial charge < -0.3 is 20.5 Å². The minimum atomic E-state index is -0.374. The number of nitrogens with two attached hydrogens (primary N) is 1. The van der Waals surface area contributed by atoms with E-state index in [1.54, 1.807) is 13.2 Å². The third-order valence-corrected chi connectivity index (χ3v) is 3.06. The zero-order chi connectivity index (χ0) is 14.5. The summed E-state index contributed by atoms with van der Waals surface area (Å²) in [5, 5.41) is 3.10. The van der Waals surface area contributed by atoms with Crippen LogP contribution in [0.2, 0.25) is 0 Å². The van der Waals surface area contributed by atoms with Gasteiger partial charge in [0.1, 0.15) is 11.6 Å². The van der Waals surface area contributed by atoms with Crippen LogP contribution in [0.1, 0.15) is 20.3 Å². The van der Waals surface area contributed by atoms with E-state index < -0.39 is 0 Å². The number of hydrogen-bond acceptors (Lipinski definition) is 4. The SMILES string of the molecule is COCCC(C)(C)CNc1cc(OC)c(N)cc1F. The summed E-state index contributed by atoms with van der Waals surface area (Å²) in [6, 6.07) is 2.85. The lowest BCUT2D eigenvalue weighted by Crippen LogP contribution is -2.25. The van der Waals surface area contributed by atoms with Gasteiger partial charge in [0.05, 0.1) is 18.5 Å². The topological polar surface area (TPSA) is 56.5 Å². The monoisotopic (exact) mass is 270 g/mol. The highest BCUT2D eigenvalue weighted by atomic mass is 19.1. The molecule has 0 aliphatic heterocycles. The van der Waals surface area contributed by atoms with Gasteiger partial charge in [-0.25, -0.2) is 4.39 Å². The maximum Gasteiger partial charge on any atom is 0.148 e. The largest absolute Gasteiger partial charge is 0.495 e. The molecule has 4 nitrogen and oxygen atoms in total. The Morgan fingerprint density at radius 1 is 1.32 bits per heavy atom. The first kappa shape index (κ1) is 15.6. The maximum atomic E-state index is 13.8. The van der Waals surface area contributed by atoms with Gasteiger partial charge in [0, 0.05) is 32.4 Å². The van der Waals surface area contributed by atoms with Crippen molar-refractivity contribution in [2.45, 2.75) is 20.3 Å². The number of nitrogen functional groups attached to an aromatic ring is 1. The number of rotatable bonds is 7. The molecular weight excluding hydrogens is 247 g/mol. The number of benzene rings is 1. The lowest BCUT2D eigenvalue weighted by atomic mass is 9.89. The van der Waals surface area contributed by atoms with Crippen molar-refractivity contribution in [1.82, 2.24) is 0 Å². The van der Waals surface area contributed by atoms with Crippen LogP contribution in [0.5, 0.6) is 5.75 Å². The standard InChI is InChI=1S/C14H23FN2O2/c1-14(2,5-6-18-3)9-17-12-8-13(19-4)11(16)7-10(12)15/h7-8,17H,5-6,9,16H2,1-4H3. The van der Waals surface area contributed by atoms with Crippen LogP contribution in [-0.4, -0.2) is 27.4 Å². The summed E-state index contributed by atoms with van der Waals surface area (Å²) < 4.78 is 23.9. The Hall–Kier alpha value is -1.49. The van der Waals surface area contributed by atoms with Gasteiger partial charge in [-0.05, 0) is 11.8 Å². The molecule has 5 heteroatoms. The van der Waals surface area contributed by atoms with Crippen LogP contribution >= 0.6 is 0 Å². The fourth-order valence-corrected chi connectivity index (χ4v) is 1.68. The molecule has 0 spiro atoms. The normalized spacial score (nSPS) is 11.4. The van der Waals surface area contributed by atoms with Crippen molar-refractivity contribution in [1.29, 1.82) is 0 Å². The number of methoxy groups -OCH3 is 2. The fraction of sp³-hybridized carbons (Fsp3) is 0.571. The molecule has 0 heterocycles. The molecule has 0 saturated heterocycles. The molecule has 0 aromatic heterocycles. The summed E-state index contributed by atoms with van der Waals surface area (Å²) in [4.78, 5) is 0. The molecule has 0 radical (unpaired) electrons. The Morgan fingerprint density at radius 3 is 2.58 bits per heavy atom. The molecule has 1 rings (SSSR count). The van der Waals surface area contributed by atoms with Gasteiger partial charge in [-0.15, -0.1) is 0 Å². The van der Waals surface area contributed by atoms with Crippen molar-refractivity contribution >= 4 is 11.4 Å². The summed E-state index contributed by atoms with van der Waals surface area (Å²) in [5.74, 6) is 0.0967. The summed E-state index contributed by atoms with van der Waals surface area (Å²) in [7, 11) is 3.18. The van der Waals surface area contributed by atoms with E-state index >= 15 is 0 Å². The van der Waals surface area contributed by atoms with Gasteiger partial charge in [0.2, 0.25) is 0 Å². The van der Waals surface area contributed by atoms with E-state index in [0.29, 0.717) is 30.3 Å². The molecule has 0 unspecified atom stereocenters. The van der Waals surface area contributed by atoms with Gasteiger partial charge >= 0.3 is 0 Å². The van der Waals surface area contributed by atoms with E-state index in [2.05, 4.69) is 19.2 Å². The van der Waals surface area contributed by atoms with Gasteiger partial charge in [-0.2, -0.15) is 0 Å². The second-order valence-corrected chi connectivity index (χ2v) is 5.33. The van der Waals surface area contributed by atoms with E-state index in [1.165, 1.54) is 13.2 Å². The van der Waals surface area contributed by atoms with E-state index in [9.17, 15) is 4.39 Å². The smallest absolute Gasteiger partial charge is 0.148 e. The minimum absolute atomic E-state index is 0.0110. The van der Waals surface area contributed by atoms with Crippen molar-refractivity contribution < 1.29 is 13.9 Å². The number of hydrogen-bond donors (Lipinski definition) is 2. The van der Waals surface area contributed by atoms with Crippen LogP contribution in [0, 0.1) is 11.2 Å². The fourth-order valence-electron chi connectivity index (χ4n) is 1.68. The van der Waals surface area contributed by atoms with Crippen molar-refractivity contribution in [3.63, 3.8) is 0 Å². The summed E-state index contributed by atoms with van der Waals surface area (Å²) in [6.07, 6.45) is 0.893. The first-order valence-electron chi connectivity index (χ1n) is 6.25. The van der Waals surface area contributed by atoms with Gasteiger partial charge in [-0.1, -0.05) is 13.8 Å². The third-order valence-electron chi connectivity index (χ3n) is 3.06. The number of anilines is 2. The quantitative estimate of drug-likeness (QED) is 0.748. The molecule has 0 amide bonds. The highest BCUT2D eigenvalue weighted by molar-refractivity contribution is 5.62. The molecule has 0 aliphatic carbocycles. The highest BCUT2D eigenvalue weighted by Gasteiger charge is 2.18. The molecule has 1 aromatic carbocycles. The number of ether oxygens (including phenoxy) is 2. The minimum Gasteiger partial charge on any atom is -0.495 e. The summed E-state index contributed by atoms with van der Waals surface area (Å²) >= 11 is 0. The Balaban J connectivity index is 2.72. The zero-order valence-corrected chi connectivity index (χ0v) is 12.0. The number of halogens is 1. The molecule has 3 N–H and O–H groups in total. The van der Waals surface area contributed by atoms with Crippen LogP contribution in [0.15, 0.2) is 12.1 Å². The molecular formula is C14H23FN2O2. The second kappa shape index (κ2) is 6.61. The van der Waals surface area contributed by atoms with Gasteiger partial charge in [-0.3, -0.25) is 0 Å². The van der Waals surface area contributed by atoms with Crippen LogP contribution in [-0.2, 0) is 4.74 Å². The van der Waals surface area contributed by atoms with Crippen molar-refractivity contribution in [2.24, 2.45) is 5.41 Å². The maximum absolute atomic E-state index is 13.8. The molecule has 0 saturated carbocycles. The molecule has 108 valence electrons. The average Bonchev–Trinajstić information content (AvgIpc) is 2.35. The zero-order valence-electron chi connectivity index (χ0n) is 12.0. The lowest BCUT2D eigenvalue weighted by Gasteiger charge is -2.25. The van der Waals surface area contributed by atoms with Crippen molar-refractivity contribution in [3.8, 4) is 5.75 Å². The van der Waals surface area contributed by atoms with Crippen molar-refractivity contribution in [2.75, 3.05) is 38.4 Å². The van der Waals surface area contributed by atoms with Gasteiger partial charge in [0.15, 0.2) is 0 Å². The van der Waals surface area contributed by atoms with E-state index in [4.69, 9.17) is 15.2 Å². The first-order chi connectivity index (χ1) is 8.89. The molecule has 19 heavy (non-hydrogen) atoms. The Kier molecular flexibility index (Phi) is 5.42. The first-order valence-corrected chi connectivity index (χ1v) is 6.25. The number of nitrogens with one attached hydrogen (secondary N) is 1. The average molecular weight is 270 g/mol. The van der Waals surface area contributed by atoms with E-state index in [-0.39, 0.29) is 11.2 Å². The molecule has 0 bridgehead atoms. The predicted molar refractivity (Wildman–Crippen MR) is 76.1 cm³/mol. The second-order valence-electron chi connectivity index (χ2n) is 5.33. The molecule has 0 fully saturated rings. The van der Waals surface area contributed by atoms with Crippen LogP contribution in [0.4, 0.5) is 15.8 Å². The van der Waals surface area contributed by atoms with Crippen LogP contribution < -0.4 is 15.8 Å². The highest BCUT2D eigenvalue weighted by Crippen LogP contribution is 2.29. The Labute approximate surface area is 114 Å². The van der Waals surface area contributed by atoms with E-state index in [0.717, 1.165) is 6.42 Å². The van der Waals surface area contributed by atoms with Crippen molar-refractivity contribution in [3.05, 3.63) is 17.9 Å². The Bertz CT molecular complexity index is 422. The summed E-state index contributed by atoms with van der Waals surface area (Å²) in [6.45, 7) is 5.53. The summed E-state index contributed by atoms with van der Waals surface area (Å²) in [5.41, 5.74) is 6.35. The molecule has 1 aromatic rings. The van der Waals surface area contributed by atoms with Gasteiger partial charge in [0.25, 0.3) is 0 Å². The molecule has 0 atom stereocenters. The lowest BCUT2D eigenvalue weighted by molar-refractivity contribution is 0.157. The Morgan fingerprint density at radius 2 is 2.00 bits per heavy atom.